The molecule has 0 unspecified atom stereocenters. The van der Waals surface area contributed by atoms with E-state index in [1.165, 1.54) is 50.3 Å². The van der Waals surface area contributed by atoms with Crippen LogP contribution in [0.25, 0.3) is 0 Å². The number of amides is 2. The lowest BCUT2D eigenvalue weighted by Crippen LogP contribution is -2.45. The van der Waals surface area contributed by atoms with Gasteiger partial charge in [0.2, 0.25) is 0 Å². The number of carbonyl (C=O) groups is 1. The number of carbonyl (C=O) groups excluding carboxylic acids is 1. The molecule has 2 heterocycles. The Labute approximate surface area is 153 Å². The van der Waals surface area contributed by atoms with Gasteiger partial charge in [0.15, 0.2) is 0 Å². The van der Waals surface area contributed by atoms with Gasteiger partial charge in [0.25, 0.3) is 0 Å². The maximum Gasteiger partial charge on any atom is 0.319 e. The van der Waals surface area contributed by atoms with E-state index in [-0.39, 0.29) is 6.03 Å². The van der Waals surface area contributed by atoms with Crippen molar-refractivity contribution in [3.05, 3.63) is 29.3 Å². The summed E-state index contributed by atoms with van der Waals surface area (Å²) < 4.78 is 0. The third kappa shape index (κ3) is 5.04. The van der Waals surface area contributed by atoms with Crippen molar-refractivity contribution in [1.82, 2.24) is 10.2 Å². The summed E-state index contributed by atoms with van der Waals surface area (Å²) in [7, 11) is 0. The Morgan fingerprint density at radius 2 is 1.88 bits per heavy atom. The molecular weight excluding hydrogens is 342 g/mol. The van der Waals surface area contributed by atoms with Gasteiger partial charge in [-0.1, -0.05) is 23.7 Å². The zero-order chi connectivity index (χ0) is 16.8. The van der Waals surface area contributed by atoms with Gasteiger partial charge in [-0.15, -0.1) is 0 Å². The molecule has 0 bridgehead atoms. The minimum Gasteiger partial charge on any atom is -0.338 e. The lowest BCUT2D eigenvalue weighted by molar-refractivity contribution is 0.125. The summed E-state index contributed by atoms with van der Waals surface area (Å²) in [5, 5.41) is 6.37. The highest BCUT2D eigenvalue weighted by atomic mass is 35.5. The Bertz CT molecular complexity index is 543. The third-order valence-electron chi connectivity index (χ3n) is 5.03. The van der Waals surface area contributed by atoms with Crippen LogP contribution in [0, 0.1) is 5.92 Å². The summed E-state index contributed by atoms with van der Waals surface area (Å²) in [6.07, 6.45) is 5.04. The lowest BCUT2D eigenvalue weighted by atomic mass is 9.94. The molecule has 6 heteroatoms. The molecule has 2 aliphatic heterocycles. The SMILES string of the molecule is O=C(NCC1CCN(C2CCSCC2)CC1)Nc1ccccc1Cl. The molecule has 2 aliphatic rings. The number of hydrogen-bond donors (Lipinski definition) is 2. The van der Waals surface area contributed by atoms with Gasteiger partial charge in [0, 0.05) is 12.6 Å². The molecule has 0 spiro atoms. The number of piperidine rings is 1. The van der Waals surface area contributed by atoms with Crippen LogP contribution in [0.1, 0.15) is 25.7 Å². The standard InChI is InChI=1S/C18H26ClN3OS/c19-16-3-1-2-4-17(16)21-18(23)20-13-14-5-9-22(10-6-14)15-7-11-24-12-8-15/h1-4,14-15H,5-13H2,(H2,20,21,23). The molecule has 2 amide bonds. The molecule has 2 N–H and O–H groups in total. The summed E-state index contributed by atoms with van der Waals surface area (Å²) in [6.45, 7) is 3.09. The fourth-order valence-corrected chi connectivity index (χ4v) is 4.80. The number of nitrogens with zero attached hydrogens (tertiary/aromatic N) is 1. The van der Waals surface area contributed by atoms with E-state index in [1.54, 1.807) is 6.07 Å². The maximum atomic E-state index is 12.0. The predicted octanol–water partition coefficient (Wildman–Crippen LogP) is 4.07. The number of nitrogens with one attached hydrogen (secondary N) is 2. The predicted molar refractivity (Wildman–Crippen MR) is 103 cm³/mol. The minimum atomic E-state index is -0.171. The second kappa shape index (κ2) is 8.97. The van der Waals surface area contributed by atoms with Crippen molar-refractivity contribution >= 4 is 35.1 Å². The van der Waals surface area contributed by atoms with Gasteiger partial charge in [-0.3, -0.25) is 0 Å². The fraction of sp³-hybridized carbons (Fsp3) is 0.611. The summed E-state index contributed by atoms with van der Waals surface area (Å²) in [5.41, 5.74) is 0.654. The number of likely N-dealkylation sites (tertiary alicyclic amines) is 1. The molecule has 3 rings (SSSR count). The highest BCUT2D eigenvalue weighted by Gasteiger charge is 2.26. The fourth-order valence-electron chi connectivity index (χ4n) is 3.54. The molecule has 0 saturated carbocycles. The number of hydrogen-bond acceptors (Lipinski definition) is 3. The summed E-state index contributed by atoms with van der Waals surface area (Å²) in [6, 6.07) is 7.92. The van der Waals surface area contributed by atoms with E-state index in [1.807, 2.05) is 18.2 Å². The van der Waals surface area contributed by atoms with Crippen LogP contribution in [0.5, 0.6) is 0 Å². The molecule has 4 nitrogen and oxygen atoms in total. The van der Waals surface area contributed by atoms with Crippen LogP contribution in [0.15, 0.2) is 24.3 Å². The molecule has 2 fully saturated rings. The number of anilines is 1. The van der Waals surface area contributed by atoms with Crippen LogP contribution in [0.2, 0.25) is 5.02 Å². The molecule has 0 atom stereocenters. The largest absolute Gasteiger partial charge is 0.338 e. The second-order valence-corrected chi connectivity index (χ2v) is 8.27. The van der Waals surface area contributed by atoms with Crippen molar-refractivity contribution < 1.29 is 4.79 Å². The highest BCUT2D eigenvalue weighted by molar-refractivity contribution is 7.99. The Hall–Kier alpha value is -0.910. The quantitative estimate of drug-likeness (QED) is 0.843. The smallest absolute Gasteiger partial charge is 0.319 e. The average Bonchev–Trinajstić information content (AvgIpc) is 2.63. The van der Waals surface area contributed by atoms with Crippen LogP contribution >= 0.6 is 23.4 Å². The van der Waals surface area contributed by atoms with Crippen LogP contribution in [-0.2, 0) is 0 Å². The number of benzene rings is 1. The maximum absolute atomic E-state index is 12.0. The molecule has 0 radical (unpaired) electrons. The van der Waals surface area contributed by atoms with Crippen LogP contribution in [-0.4, -0.2) is 48.1 Å². The summed E-state index contributed by atoms with van der Waals surface area (Å²) >= 11 is 8.14. The molecular formula is C18H26ClN3OS. The first-order chi connectivity index (χ1) is 11.7. The lowest BCUT2D eigenvalue weighted by Gasteiger charge is -2.39. The van der Waals surface area contributed by atoms with Crippen molar-refractivity contribution in [2.24, 2.45) is 5.92 Å². The van der Waals surface area contributed by atoms with Crippen molar-refractivity contribution in [3.8, 4) is 0 Å². The molecule has 2 saturated heterocycles. The Morgan fingerprint density at radius 3 is 2.58 bits per heavy atom. The first kappa shape index (κ1) is 17.9. The van der Waals surface area contributed by atoms with E-state index in [2.05, 4.69) is 27.3 Å². The third-order valence-corrected chi connectivity index (χ3v) is 6.41. The van der Waals surface area contributed by atoms with Crippen LogP contribution in [0.3, 0.4) is 0 Å². The van der Waals surface area contributed by atoms with Gasteiger partial charge in [-0.05, 0) is 68.3 Å². The van der Waals surface area contributed by atoms with Crippen LogP contribution in [0.4, 0.5) is 10.5 Å². The number of para-hydroxylation sites is 1. The van der Waals surface area contributed by atoms with Gasteiger partial charge in [0.1, 0.15) is 0 Å². The number of rotatable bonds is 4. The van der Waals surface area contributed by atoms with E-state index in [4.69, 9.17) is 11.6 Å². The van der Waals surface area contributed by atoms with Gasteiger partial charge in [-0.2, -0.15) is 11.8 Å². The number of urea groups is 1. The summed E-state index contributed by atoms with van der Waals surface area (Å²) in [4.78, 5) is 14.7. The molecule has 132 valence electrons. The topological polar surface area (TPSA) is 44.4 Å². The van der Waals surface area contributed by atoms with Crippen LogP contribution < -0.4 is 10.6 Å². The summed E-state index contributed by atoms with van der Waals surface area (Å²) in [5.74, 6) is 3.21. The van der Waals surface area contributed by atoms with E-state index in [0.717, 1.165) is 12.6 Å². The Balaban J connectivity index is 1.37. The zero-order valence-electron chi connectivity index (χ0n) is 14.0. The van der Waals surface area contributed by atoms with Gasteiger partial charge in [-0.25, -0.2) is 4.79 Å². The molecule has 1 aromatic carbocycles. The normalized spacial score (nSPS) is 20.7. The van der Waals surface area contributed by atoms with Crippen molar-refractivity contribution in [2.75, 3.05) is 36.5 Å². The van der Waals surface area contributed by atoms with Crippen molar-refractivity contribution in [1.29, 1.82) is 0 Å². The van der Waals surface area contributed by atoms with E-state index in [0.29, 0.717) is 16.6 Å². The number of halogens is 1. The minimum absolute atomic E-state index is 0.171. The first-order valence-electron chi connectivity index (χ1n) is 8.83. The number of thioether (sulfide) groups is 1. The van der Waals surface area contributed by atoms with Crippen molar-refractivity contribution in [3.63, 3.8) is 0 Å². The van der Waals surface area contributed by atoms with Crippen molar-refractivity contribution in [2.45, 2.75) is 31.7 Å². The van der Waals surface area contributed by atoms with E-state index in [9.17, 15) is 4.79 Å². The Morgan fingerprint density at radius 1 is 1.17 bits per heavy atom. The van der Waals surface area contributed by atoms with Gasteiger partial charge < -0.3 is 15.5 Å². The second-order valence-electron chi connectivity index (χ2n) is 6.64. The average molecular weight is 368 g/mol. The van der Waals surface area contributed by atoms with E-state index >= 15 is 0 Å². The van der Waals surface area contributed by atoms with Gasteiger partial charge in [0.05, 0.1) is 10.7 Å². The van der Waals surface area contributed by atoms with Gasteiger partial charge >= 0.3 is 6.03 Å². The highest BCUT2D eigenvalue weighted by Crippen LogP contribution is 2.26. The monoisotopic (exact) mass is 367 g/mol. The first-order valence-corrected chi connectivity index (χ1v) is 10.4. The molecule has 0 aliphatic carbocycles. The van der Waals surface area contributed by atoms with E-state index < -0.39 is 0 Å². The zero-order valence-corrected chi connectivity index (χ0v) is 15.5. The Kier molecular flexibility index (Phi) is 6.69. The molecule has 24 heavy (non-hydrogen) atoms. The molecule has 0 aromatic heterocycles. The molecule has 1 aromatic rings.